The second-order valence-electron chi connectivity index (χ2n) is 2.59. The standard InChI is InChI=1S/C9H10BrNOS/c10-8-3-1-2-7(4-8)5-12-6-9(11)13/h1-4H,5-6H2,(H2,11,13). The van der Waals surface area contributed by atoms with Gasteiger partial charge in [0.25, 0.3) is 0 Å². The molecule has 0 amide bonds. The van der Waals surface area contributed by atoms with Crippen LogP contribution in [0.3, 0.4) is 0 Å². The van der Waals surface area contributed by atoms with E-state index < -0.39 is 0 Å². The maximum Gasteiger partial charge on any atom is 0.0989 e. The fourth-order valence-corrected chi connectivity index (χ4v) is 1.43. The Balaban J connectivity index is 2.41. The zero-order valence-electron chi connectivity index (χ0n) is 7.00. The first-order valence-corrected chi connectivity index (χ1v) is 4.99. The van der Waals surface area contributed by atoms with Crippen LogP contribution in [0.5, 0.6) is 0 Å². The van der Waals surface area contributed by atoms with Crippen molar-refractivity contribution in [3.8, 4) is 0 Å². The minimum Gasteiger partial charge on any atom is -0.391 e. The number of benzene rings is 1. The Bertz CT molecular complexity index is 303. The van der Waals surface area contributed by atoms with Crippen molar-refractivity contribution in [1.82, 2.24) is 0 Å². The van der Waals surface area contributed by atoms with E-state index >= 15 is 0 Å². The van der Waals surface area contributed by atoms with Crippen LogP contribution in [0.4, 0.5) is 0 Å². The van der Waals surface area contributed by atoms with E-state index in [2.05, 4.69) is 28.1 Å². The lowest BCUT2D eigenvalue weighted by atomic mass is 10.2. The van der Waals surface area contributed by atoms with E-state index in [1.165, 1.54) is 0 Å². The molecule has 2 nitrogen and oxygen atoms in total. The van der Waals surface area contributed by atoms with Gasteiger partial charge in [0.1, 0.15) is 0 Å². The van der Waals surface area contributed by atoms with E-state index in [-0.39, 0.29) is 0 Å². The topological polar surface area (TPSA) is 35.2 Å². The van der Waals surface area contributed by atoms with Crippen LogP contribution in [0.25, 0.3) is 0 Å². The summed E-state index contributed by atoms with van der Waals surface area (Å²) in [6.45, 7) is 0.874. The second kappa shape index (κ2) is 5.32. The van der Waals surface area contributed by atoms with E-state index in [1.807, 2.05) is 24.3 Å². The molecule has 2 N–H and O–H groups in total. The van der Waals surface area contributed by atoms with Gasteiger partial charge in [-0.05, 0) is 17.7 Å². The molecule has 13 heavy (non-hydrogen) atoms. The van der Waals surface area contributed by atoms with Gasteiger partial charge in [-0.3, -0.25) is 0 Å². The van der Waals surface area contributed by atoms with Crippen molar-refractivity contribution in [3.05, 3.63) is 34.3 Å². The summed E-state index contributed by atoms with van der Waals surface area (Å²) in [5.41, 5.74) is 6.39. The smallest absolute Gasteiger partial charge is 0.0989 e. The molecule has 0 spiro atoms. The Morgan fingerprint density at radius 2 is 2.31 bits per heavy atom. The van der Waals surface area contributed by atoms with Crippen LogP contribution in [0.15, 0.2) is 28.7 Å². The number of rotatable bonds is 4. The Hall–Kier alpha value is -0.450. The minimum atomic E-state index is 0.335. The van der Waals surface area contributed by atoms with Crippen LogP contribution in [-0.4, -0.2) is 11.6 Å². The van der Waals surface area contributed by atoms with E-state index in [0.29, 0.717) is 18.2 Å². The normalized spacial score (nSPS) is 9.92. The summed E-state index contributed by atoms with van der Waals surface area (Å²) in [6, 6.07) is 7.92. The maximum atomic E-state index is 5.28. The number of hydrogen-bond donors (Lipinski definition) is 1. The van der Waals surface area contributed by atoms with Crippen molar-refractivity contribution < 1.29 is 4.74 Å². The molecule has 0 aliphatic carbocycles. The molecule has 0 heterocycles. The third-order valence-corrected chi connectivity index (χ3v) is 2.01. The van der Waals surface area contributed by atoms with Gasteiger partial charge in [-0.1, -0.05) is 40.3 Å². The number of halogens is 1. The Morgan fingerprint density at radius 3 is 2.92 bits per heavy atom. The molecular formula is C9H10BrNOS. The Morgan fingerprint density at radius 1 is 1.54 bits per heavy atom. The number of ether oxygens (including phenoxy) is 1. The summed E-state index contributed by atoms with van der Waals surface area (Å²) in [6.07, 6.45) is 0. The fourth-order valence-electron chi connectivity index (χ4n) is 0.896. The predicted octanol–water partition coefficient (Wildman–Crippen LogP) is 2.25. The lowest BCUT2D eigenvalue weighted by molar-refractivity contribution is 0.158. The number of thiocarbonyl (C=S) groups is 1. The van der Waals surface area contributed by atoms with Gasteiger partial charge in [-0.2, -0.15) is 0 Å². The van der Waals surface area contributed by atoms with Crippen LogP contribution < -0.4 is 5.73 Å². The van der Waals surface area contributed by atoms with Gasteiger partial charge >= 0.3 is 0 Å². The lowest BCUT2D eigenvalue weighted by Gasteiger charge is -2.02. The monoisotopic (exact) mass is 259 g/mol. The molecule has 0 aliphatic heterocycles. The molecule has 1 aromatic rings. The first-order valence-electron chi connectivity index (χ1n) is 3.79. The molecule has 0 aromatic heterocycles. The van der Waals surface area contributed by atoms with E-state index in [1.54, 1.807) is 0 Å². The van der Waals surface area contributed by atoms with Crippen LogP contribution in [0, 0.1) is 0 Å². The molecule has 0 fully saturated rings. The molecule has 0 bridgehead atoms. The fraction of sp³-hybridized carbons (Fsp3) is 0.222. The Labute approximate surface area is 91.2 Å². The zero-order valence-corrected chi connectivity index (χ0v) is 9.40. The third-order valence-electron chi connectivity index (χ3n) is 1.40. The molecular weight excluding hydrogens is 250 g/mol. The lowest BCUT2D eigenvalue weighted by Crippen LogP contribution is -2.15. The molecule has 4 heteroatoms. The molecule has 1 rings (SSSR count). The van der Waals surface area contributed by atoms with Crippen LogP contribution in [0.2, 0.25) is 0 Å². The van der Waals surface area contributed by atoms with Crippen LogP contribution in [0.1, 0.15) is 5.56 Å². The highest BCUT2D eigenvalue weighted by Crippen LogP contribution is 2.12. The summed E-state index contributed by atoms with van der Waals surface area (Å²) in [5.74, 6) is 0. The van der Waals surface area contributed by atoms with Gasteiger partial charge in [0.05, 0.1) is 18.2 Å². The summed E-state index contributed by atoms with van der Waals surface area (Å²) < 4.78 is 6.29. The average molecular weight is 260 g/mol. The van der Waals surface area contributed by atoms with Gasteiger partial charge in [0, 0.05) is 4.47 Å². The van der Waals surface area contributed by atoms with Crippen molar-refractivity contribution in [2.45, 2.75) is 6.61 Å². The van der Waals surface area contributed by atoms with Gasteiger partial charge in [0.2, 0.25) is 0 Å². The van der Waals surface area contributed by atoms with Crippen molar-refractivity contribution >= 4 is 33.1 Å². The van der Waals surface area contributed by atoms with Crippen molar-refractivity contribution in [1.29, 1.82) is 0 Å². The largest absolute Gasteiger partial charge is 0.391 e. The van der Waals surface area contributed by atoms with Crippen molar-refractivity contribution in [2.75, 3.05) is 6.61 Å². The SMILES string of the molecule is NC(=S)COCc1cccc(Br)c1. The van der Waals surface area contributed by atoms with E-state index in [0.717, 1.165) is 10.0 Å². The quantitative estimate of drug-likeness (QED) is 0.843. The predicted molar refractivity (Wildman–Crippen MR) is 60.6 cm³/mol. The minimum absolute atomic E-state index is 0.335. The van der Waals surface area contributed by atoms with Crippen LogP contribution in [-0.2, 0) is 11.3 Å². The van der Waals surface area contributed by atoms with Gasteiger partial charge in [-0.15, -0.1) is 0 Å². The van der Waals surface area contributed by atoms with Crippen molar-refractivity contribution in [3.63, 3.8) is 0 Å². The first kappa shape index (κ1) is 10.6. The molecule has 1 aromatic carbocycles. The Kier molecular flexibility index (Phi) is 4.35. The highest BCUT2D eigenvalue weighted by Gasteiger charge is 1.94. The molecule has 0 saturated carbocycles. The average Bonchev–Trinajstić information content (AvgIpc) is 2.03. The highest BCUT2D eigenvalue weighted by atomic mass is 79.9. The molecule has 70 valence electrons. The summed E-state index contributed by atoms with van der Waals surface area (Å²) in [5, 5.41) is 0. The maximum absolute atomic E-state index is 5.28. The van der Waals surface area contributed by atoms with Gasteiger partial charge in [-0.25, -0.2) is 0 Å². The van der Waals surface area contributed by atoms with Crippen LogP contribution >= 0.6 is 28.1 Å². The van der Waals surface area contributed by atoms with E-state index in [9.17, 15) is 0 Å². The molecule has 0 saturated heterocycles. The second-order valence-corrected chi connectivity index (χ2v) is 4.03. The first-order chi connectivity index (χ1) is 6.18. The number of nitrogens with two attached hydrogens (primary N) is 1. The summed E-state index contributed by atoms with van der Waals surface area (Å²) in [7, 11) is 0. The molecule has 0 aliphatic rings. The number of hydrogen-bond acceptors (Lipinski definition) is 2. The van der Waals surface area contributed by atoms with E-state index in [4.69, 9.17) is 10.5 Å². The summed E-state index contributed by atoms with van der Waals surface area (Å²) in [4.78, 5) is 0.384. The van der Waals surface area contributed by atoms with Gasteiger partial charge < -0.3 is 10.5 Å². The van der Waals surface area contributed by atoms with Crippen molar-refractivity contribution in [2.24, 2.45) is 5.73 Å². The molecule has 0 unspecified atom stereocenters. The molecule has 0 radical (unpaired) electrons. The summed E-state index contributed by atoms with van der Waals surface area (Å²) >= 11 is 8.06. The molecule has 0 atom stereocenters. The third kappa shape index (κ3) is 4.36. The van der Waals surface area contributed by atoms with Gasteiger partial charge in [0.15, 0.2) is 0 Å². The zero-order chi connectivity index (χ0) is 9.68. The highest BCUT2D eigenvalue weighted by molar-refractivity contribution is 9.10.